The first-order valence-corrected chi connectivity index (χ1v) is 4.65. The largest absolute Gasteiger partial charge is 0.421 e. The maximum absolute atomic E-state index is 12.5. The van der Waals surface area contributed by atoms with E-state index in [2.05, 4.69) is 15.3 Å². The van der Waals surface area contributed by atoms with Crippen molar-refractivity contribution in [2.24, 2.45) is 0 Å². The van der Waals surface area contributed by atoms with Crippen molar-refractivity contribution in [3.05, 3.63) is 17.0 Å². The van der Waals surface area contributed by atoms with Crippen LogP contribution in [0.3, 0.4) is 0 Å². The second kappa shape index (κ2) is 5.31. The van der Waals surface area contributed by atoms with Gasteiger partial charge < -0.3 is 10.1 Å². The lowest BCUT2D eigenvalue weighted by Gasteiger charge is -2.12. The number of halogens is 4. The van der Waals surface area contributed by atoms with Crippen molar-refractivity contribution in [2.75, 3.05) is 25.6 Å². The van der Waals surface area contributed by atoms with Crippen LogP contribution in [0.1, 0.15) is 5.56 Å². The first-order valence-electron chi connectivity index (χ1n) is 4.27. The molecule has 0 aliphatic heterocycles. The predicted molar refractivity (Wildman–Crippen MR) is 52.4 cm³/mol. The molecule has 1 aromatic heterocycles. The van der Waals surface area contributed by atoms with E-state index in [-0.39, 0.29) is 24.3 Å². The Balaban J connectivity index is 2.90. The molecule has 0 spiro atoms. The van der Waals surface area contributed by atoms with Crippen molar-refractivity contribution in [3.8, 4) is 0 Å². The molecule has 0 aliphatic rings. The summed E-state index contributed by atoms with van der Waals surface area (Å²) in [5, 5.41) is 2.24. The van der Waals surface area contributed by atoms with Crippen LogP contribution in [-0.2, 0) is 10.9 Å². The Labute approximate surface area is 94.8 Å². The molecule has 1 aromatic rings. The number of ether oxygens (including phenoxy) is 1. The molecule has 0 aliphatic carbocycles. The molecule has 0 saturated carbocycles. The Morgan fingerprint density at radius 3 is 2.75 bits per heavy atom. The summed E-state index contributed by atoms with van der Waals surface area (Å²) in [7, 11) is 1.44. The maximum atomic E-state index is 12.5. The number of anilines is 1. The number of methoxy groups -OCH3 is 1. The highest BCUT2D eigenvalue weighted by Gasteiger charge is 2.35. The minimum absolute atomic E-state index is 0.201. The van der Waals surface area contributed by atoms with Gasteiger partial charge in [0, 0.05) is 19.9 Å². The van der Waals surface area contributed by atoms with Gasteiger partial charge in [0.05, 0.1) is 6.61 Å². The number of nitrogens with one attached hydrogen (secondary N) is 1. The molecule has 16 heavy (non-hydrogen) atoms. The molecule has 0 amide bonds. The molecule has 0 aromatic carbocycles. The fraction of sp³-hybridized carbons (Fsp3) is 0.500. The fourth-order valence-corrected chi connectivity index (χ4v) is 1.11. The molecule has 1 N–H and O–H groups in total. The first kappa shape index (κ1) is 13.0. The molecule has 0 atom stereocenters. The molecule has 8 heteroatoms. The van der Waals surface area contributed by atoms with Crippen LogP contribution in [0.15, 0.2) is 6.20 Å². The van der Waals surface area contributed by atoms with Crippen molar-refractivity contribution in [2.45, 2.75) is 6.18 Å². The van der Waals surface area contributed by atoms with E-state index < -0.39 is 11.7 Å². The van der Waals surface area contributed by atoms with E-state index in [0.29, 0.717) is 6.20 Å². The Kier molecular flexibility index (Phi) is 4.31. The smallest absolute Gasteiger partial charge is 0.383 e. The van der Waals surface area contributed by atoms with E-state index in [1.165, 1.54) is 7.11 Å². The van der Waals surface area contributed by atoms with Gasteiger partial charge in [0.2, 0.25) is 5.28 Å². The topological polar surface area (TPSA) is 47.0 Å². The average Bonchev–Trinajstić information content (AvgIpc) is 2.16. The van der Waals surface area contributed by atoms with Gasteiger partial charge >= 0.3 is 6.18 Å². The van der Waals surface area contributed by atoms with Crippen LogP contribution in [0.5, 0.6) is 0 Å². The summed E-state index contributed by atoms with van der Waals surface area (Å²) in [4.78, 5) is 6.78. The van der Waals surface area contributed by atoms with Crippen molar-refractivity contribution < 1.29 is 17.9 Å². The van der Waals surface area contributed by atoms with Crippen molar-refractivity contribution >= 4 is 17.4 Å². The molecule has 4 nitrogen and oxygen atoms in total. The molecular formula is C8H9ClF3N3O. The summed E-state index contributed by atoms with van der Waals surface area (Å²) in [5.41, 5.74) is -0.951. The normalized spacial score (nSPS) is 11.6. The molecule has 90 valence electrons. The summed E-state index contributed by atoms with van der Waals surface area (Å²) in [6.45, 7) is 0.464. The molecule has 0 unspecified atom stereocenters. The van der Waals surface area contributed by atoms with Crippen LogP contribution in [0.4, 0.5) is 19.0 Å². The van der Waals surface area contributed by atoms with Crippen LogP contribution in [0.25, 0.3) is 0 Å². The summed E-state index contributed by atoms with van der Waals surface area (Å²) >= 11 is 5.42. The van der Waals surface area contributed by atoms with Crippen molar-refractivity contribution in [1.29, 1.82) is 0 Å². The molecule has 1 heterocycles. The van der Waals surface area contributed by atoms with Gasteiger partial charge in [0.15, 0.2) is 0 Å². The van der Waals surface area contributed by atoms with Crippen LogP contribution in [-0.4, -0.2) is 30.2 Å². The second-order valence-electron chi connectivity index (χ2n) is 2.82. The van der Waals surface area contributed by atoms with Crippen LogP contribution >= 0.6 is 11.6 Å². The number of hydrogen-bond acceptors (Lipinski definition) is 4. The van der Waals surface area contributed by atoms with Gasteiger partial charge in [-0.15, -0.1) is 0 Å². The van der Waals surface area contributed by atoms with Gasteiger partial charge in [-0.2, -0.15) is 13.2 Å². The Morgan fingerprint density at radius 1 is 1.50 bits per heavy atom. The standard InChI is InChI=1S/C8H9ClF3N3O/c1-16-3-2-13-6-5(8(10,11)12)4-14-7(9)15-6/h4H,2-3H2,1H3,(H,13,14,15). The number of hydrogen-bond donors (Lipinski definition) is 1. The van der Waals surface area contributed by atoms with Crippen LogP contribution in [0.2, 0.25) is 5.28 Å². The lowest BCUT2D eigenvalue weighted by Crippen LogP contribution is -2.16. The Bertz CT molecular complexity index is 359. The Hall–Kier alpha value is -1.08. The van der Waals surface area contributed by atoms with E-state index >= 15 is 0 Å². The zero-order chi connectivity index (χ0) is 12.2. The molecular weight excluding hydrogens is 247 g/mol. The van der Waals surface area contributed by atoms with Crippen LogP contribution < -0.4 is 5.32 Å². The molecule has 0 fully saturated rings. The van der Waals surface area contributed by atoms with E-state index in [1.807, 2.05) is 0 Å². The maximum Gasteiger partial charge on any atom is 0.421 e. The van der Waals surface area contributed by atoms with Gasteiger partial charge in [-0.25, -0.2) is 9.97 Å². The average molecular weight is 256 g/mol. The SMILES string of the molecule is COCCNc1nc(Cl)ncc1C(F)(F)F. The zero-order valence-corrected chi connectivity index (χ0v) is 9.06. The third kappa shape index (κ3) is 3.49. The zero-order valence-electron chi connectivity index (χ0n) is 8.31. The van der Waals surface area contributed by atoms with Gasteiger partial charge in [0.25, 0.3) is 0 Å². The third-order valence-corrected chi connectivity index (χ3v) is 1.85. The highest BCUT2D eigenvalue weighted by molar-refractivity contribution is 6.28. The van der Waals surface area contributed by atoms with Crippen LogP contribution in [0, 0.1) is 0 Å². The van der Waals surface area contributed by atoms with Crippen molar-refractivity contribution in [3.63, 3.8) is 0 Å². The first-order chi connectivity index (χ1) is 7.45. The minimum atomic E-state index is -4.51. The lowest BCUT2D eigenvalue weighted by molar-refractivity contribution is -0.137. The van der Waals surface area contributed by atoms with Gasteiger partial charge in [-0.05, 0) is 11.6 Å². The third-order valence-electron chi connectivity index (χ3n) is 1.66. The molecule has 1 rings (SSSR count). The minimum Gasteiger partial charge on any atom is -0.383 e. The summed E-state index contributed by atoms with van der Waals surface area (Å²) in [6.07, 6.45) is -3.87. The van der Waals surface area contributed by atoms with E-state index in [0.717, 1.165) is 0 Å². The van der Waals surface area contributed by atoms with E-state index in [9.17, 15) is 13.2 Å². The highest BCUT2D eigenvalue weighted by atomic mass is 35.5. The van der Waals surface area contributed by atoms with Crippen molar-refractivity contribution in [1.82, 2.24) is 9.97 Å². The summed E-state index contributed by atoms with van der Waals surface area (Å²) < 4.78 is 42.2. The number of rotatable bonds is 4. The quantitative estimate of drug-likeness (QED) is 0.662. The number of aromatic nitrogens is 2. The fourth-order valence-electron chi connectivity index (χ4n) is 0.974. The summed E-state index contributed by atoms with van der Waals surface area (Å²) in [6, 6.07) is 0. The van der Waals surface area contributed by atoms with E-state index in [4.69, 9.17) is 16.3 Å². The number of nitrogens with zero attached hydrogens (tertiary/aromatic N) is 2. The number of alkyl halides is 3. The highest BCUT2D eigenvalue weighted by Crippen LogP contribution is 2.33. The molecule has 0 saturated heterocycles. The van der Waals surface area contributed by atoms with Gasteiger partial charge in [0.1, 0.15) is 11.4 Å². The lowest BCUT2D eigenvalue weighted by atomic mass is 10.3. The summed E-state index contributed by atoms with van der Waals surface area (Å²) in [5.74, 6) is -0.343. The second-order valence-corrected chi connectivity index (χ2v) is 3.16. The van der Waals surface area contributed by atoms with Gasteiger partial charge in [-0.1, -0.05) is 0 Å². The predicted octanol–water partition coefficient (Wildman–Crippen LogP) is 2.21. The molecule has 0 bridgehead atoms. The Morgan fingerprint density at radius 2 is 2.19 bits per heavy atom. The van der Waals surface area contributed by atoms with Gasteiger partial charge in [-0.3, -0.25) is 0 Å². The van der Waals surface area contributed by atoms with E-state index in [1.54, 1.807) is 0 Å². The molecule has 0 radical (unpaired) electrons. The monoisotopic (exact) mass is 255 g/mol.